The molecule has 1 saturated heterocycles. The number of ether oxygens (including phenoxy) is 1. The monoisotopic (exact) mass is 406 g/mol. The highest BCUT2D eigenvalue weighted by atomic mass is 19.1. The Morgan fingerprint density at radius 3 is 2.33 bits per heavy atom. The average molecular weight is 406 g/mol. The molecule has 1 heterocycles. The van der Waals surface area contributed by atoms with Crippen LogP contribution in [0, 0.1) is 5.82 Å². The van der Waals surface area contributed by atoms with Gasteiger partial charge in [0.2, 0.25) is 6.10 Å². The fourth-order valence-corrected chi connectivity index (χ4v) is 3.42. The lowest BCUT2D eigenvalue weighted by atomic mass is 9.99. The molecule has 0 bridgehead atoms. The molecular weight excluding hydrogens is 387 g/mol. The van der Waals surface area contributed by atoms with E-state index in [-0.39, 0.29) is 12.3 Å². The summed E-state index contributed by atoms with van der Waals surface area (Å²) in [7, 11) is 0. The molecule has 152 valence electrons. The first kappa shape index (κ1) is 19.4. The number of hydrogen-bond acceptors (Lipinski definition) is 4. The van der Waals surface area contributed by atoms with Gasteiger partial charge in [-0.05, 0) is 47.5 Å². The van der Waals surface area contributed by atoms with E-state index in [1.807, 2.05) is 30.3 Å². The minimum absolute atomic E-state index is 0.0578. The standard InChI is InChI=1S/C23H19FN2O4/c24-17-8-10-18(11-9-17)26-20(16-6-12-19(27)13-7-16)21(30-23(26)29)22(28)25-14-15-4-2-1-3-5-15/h1-13,20-21,27H,14H2,(H,25,28)/t20-,21+/m0/s1. The summed E-state index contributed by atoms with van der Waals surface area (Å²) in [6.45, 7) is 0.284. The topological polar surface area (TPSA) is 78.9 Å². The lowest BCUT2D eigenvalue weighted by molar-refractivity contribution is -0.129. The second kappa shape index (κ2) is 8.24. The summed E-state index contributed by atoms with van der Waals surface area (Å²) >= 11 is 0. The van der Waals surface area contributed by atoms with Crippen LogP contribution in [0.3, 0.4) is 0 Å². The van der Waals surface area contributed by atoms with Gasteiger partial charge in [-0.25, -0.2) is 9.18 Å². The van der Waals surface area contributed by atoms with Crippen LogP contribution in [-0.2, 0) is 16.1 Å². The predicted molar refractivity (Wildman–Crippen MR) is 108 cm³/mol. The van der Waals surface area contributed by atoms with E-state index >= 15 is 0 Å². The zero-order chi connectivity index (χ0) is 21.1. The molecule has 0 spiro atoms. The third kappa shape index (κ3) is 3.96. The average Bonchev–Trinajstić information content (AvgIpc) is 3.11. The maximum absolute atomic E-state index is 13.4. The highest BCUT2D eigenvalue weighted by molar-refractivity contribution is 5.97. The van der Waals surface area contributed by atoms with E-state index in [9.17, 15) is 19.1 Å². The molecule has 0 aromatic heterocycles. The molecule has 1 aliphatic rings. The van der Waals surface area contributed by atoms with Gasteiger partial charge in [-0.2, -0.15) is 0 Å². The smallest absolute Gasteiger partial charge is 0.415 e. The number of benzene rings is 3. The number of rotatable bonds is 5. The van der Waals surface area contributed by atoms with Gasteiger partial charge in [0.1, 0.15) is 17.6 Å². The maximum atomic E-state index is 13.4. The lowest BCUT2D eigenvalue weighted by Crippen LogP contribution is -2.39. The SMILES string of the molecule is O=C(NCc1ccccc1)[C@@H]1OC(=O)N(c2ccc(F)cc2)[C@H]1c1ccc(O)cc1. The number of anilines is 1. The Hall–Kier alpha value is -3.87. The number of cyclic esters (lactones) is 1. The van der Waals surface area contributed by atoms with Crippen molar-refractivity contribution in [2.45, 2.75) is 18.7 Å². The Morgan fingerprint density at radius 2 is 1.67 bits per heavy atom. The maximum Gasteiger partial charge on any atom is 0.415 e. The number of nitrogens with one attached hydrogen (secondary N) is 1. The van der Waals surface area contributed by atoms with Gasteiger partial charge >= 0.3 is 6.09 Å². The Kier molecular flexibility index (Phi) is 5.34. The van der Waals surface area contributed by atoms with Crippen molar-refractivity contribution in [3.63, 3.8) is 0 Å². The summed E-state index contributed by atoms with van der Waals surface area (Å²) in [5, 5.41) is 12.4. The van der Waals surface area contributed by atoms with E-state index in [1.165, 1.54) is 41.3 Å². The van der Waals surface area contributed by atoms with Gasteiger partial charge in [0, 0.05) is 12.2 Å². The Morgan fingerprint density at radius 1 is 1.00 bits per heavy atom. The van der Waals surface area contributed by atoms with Crippen molar-refractivity contribution in [1.29, 1.82) is 0 Å². The fraction of sp³-hybridized carbons (Fsp3) is 0.130. The Labute approximate surface area is 172 Å². The minimum atomic E-state index is -1.11. The second-order valence-electron chi connectivity index (χ2n) is 6.89. The first-order chi connectivity index (χ1) is 14.5. The number of phenols is 1. The summed E-state index contributed by atoms with van der Waals surface area (Å²) in [5.74, 6) is -0.832. The molecule has 7 heteroatoms. The van der Waals surface area contributed by atoms with E-state index in [1.54, 1.807) is 12.1 Å². The van der Waals surface area contributed by atoms with Gasteiger partial charge in [-0.15, -0.1) is 0 Å². The summed E-state index contributed by atoms with van der Waals surface area (Å²) < 4.78 is 18.8. The first-order valence-corrected chi connectivity index (χ1v) is 9.39. The number of hydrogen-bond donors (Lipinski definition) is 2. The highest BCUT2D eigenvalue weighted by Crippen LogP contribution is 2.38. The number of halogens is 1. The number of carbonyl (C=O) groups excluding carboxylic acids is 2. The first-order valence-electron chi connectivity index (χ1n) is 9.39. The van der Waals surface area contributed by atoms with Crippen LogP contribution in [0.4, 0.5) is 14.9 Å². The molecule has 6 nitrogen and oxygen atoms in total. The normalized spacial score (nSPS) is 18.2. The fourth-order valence-electron chi connectivity index (χ4n) is 3.42. The summed E-state index contributed by atoms with van der Waals surface area (Å²) in [4.78, 5) is 26.9. The largest absolute Gasteiger partial charge is 0.508 e. The second-order valence-corrected chi connectivity index (χ2v) is 6.89. The molecule has 3 aromatic rings. The van der Waals surface area contributed by atoms with Crippen LogP contribution in [0.5, 0.6) is 5.75 Å². The molecular formula is C23H19FN2O4. The van der Waals surface area contributed by atoms with Crippen molar-refractivity contribution in [1.82, 2.24) is 5.32 Å². The number of carbonyl (C=O) groups is 2. The molecule has 30 heavy (non-hydrogen) atoms. The Balaban J connectivity index is 1.64. The van der Waals surface area contributed by atoms with E-state index in [4.69, 9.17) is 4.74 Å². The number of nitrogens with zero attached hydrogens (tertiary/aromatic N) is 1. The molecule has 0 radical (unpaired) electrons. The molecule has 2 amide bonds. The van der Waals surface area contributed by atoms with Crippen LogP contribution < -0.4 is 10.2 Å². The third-order valence-corrected chi connectivity index (χ3v) is 4.90. The van der Waals surface area contributed by atoms with Gasteiger partial charge in [0.25, 0.3) is 5.91 Å². The molecule has 1 aliphatic heterocycles. The van der Waals surface area contributed by atoms with Crippen LogP contribution in [0.2, 0.25) is 0 Å². The van der Waals surface area contributed by atoms with E-state index in [0.717, 1.165) is 5.56 Å². The molecule has 0 aliphatic carbocycles. The molecule has 0 unspecified atom stereocenters. The van der Waals surface area contributed by atoms with Crippen LogP contribution in [0.1, 0.15) is 17.2 Å². The van der Waals surface area contributed by atoms with Crippen molar-refractivity contribution < 1.29 is 23.8 Å². The van der Waals surface area contributed by atoms with E-state index in [2.05, 4.69) is 5.32 Å². The molecule has 4 rings (SSSR count). The molecule has 3 aromatic carbocycles. The van der Waals surface area contributed by atoms with E-state index < -0.39 is 30.0 Å². The van der Waals surface area contributed by atoms with Crippen molar-refractivity contribution in [2.75, 3.05) is 4.90 Å². The van der Waals surface area contributed by atoms with Gasteiger partial charge in [0.05, 0.1) is 0 Å². The van der Waals surface area contributed by atoms with Crippen LogP contribution >= 0.6 is 0 Å². The zero-order valence-corrected chi connectivity index (χ0v) is 15.9. The summed E-state index contributed by atoms with van der Waals surface area (Å²) in [5.41, 5.74) is 1.91. The quantitative estimate of drug-likeness (QED) is 0.673. The summed E-state index contributed by atoms with van der Waals surface area (Å²) in [6.07, 6.45) is -1.82. The van der Waals surface area contributed by atoms with Crippen molar-refractivity contribution in [2.24, 2.45) is 0 Å². The highest BCUT2D eigenvalue weighted by Gasteiger charge is 2.47. The van der Waals surface area contributed by atoms with Gasteiger partial charge in [-0.3, -0.25) is 9.69 Å². The zero-order valence-electron chi connectivity index (χ0n) is 15.9. The molecule has 2 atom stereocenters. The van der Waals surface area contributed by atoms with Crippen LogP contribution in [0.25, 0.3) is 0 Å². The number of phenolic OH excluding ortho intramolecular Hbond substituents is 1. The van der Waals surface area contributed by atoms with Crippen molar-refractivity contribution in [3.8, 4) is 5.75 Å². The molecule has 1 fully saturated rings. The van der Waals surface area contributed by atoms with Gasteiger partial charge < -0.3 is 15.2 Å². The van der Waals surface area contributed by atoms with Gasteiger partial charge in [-0.1, -0.05) is 42.5 Å². The number of amides is 2. The third-order valence-electron chi connectivity index (χ3n) is 4.90. The predicted octanol–water partition coefficient (Wildman–Crippen LogP) is 3.91. The summed E-state index contributed by atoms with van der Waals surface area (Å²) in [6, 6.07) is 20.2. The number of aromatic hydroxyl groups is 1. The molecule has 0 saturated carbocycles. The van der Waals surface area contributed by atoms with E-state index in [0.29, 0.717) is 11.3 Å². The Bertz CT molecular complexity index is 1040. The van der Waals surface area contributed by atoms with Crippen LogP contribution in [0.15, 0.2) is 78.9 Å². The van der Waals surface area contributed by atoms with Crippen molar-refractivity contribution in [3.05, 3.63) is 95.8 Å². The van der Waals surface area contributed by atoms with Crippen LogP contribution in [-0.4, -0.2) is 23.2 Å². The molecule has 2 N–H and O–H groups in total. The lowest BCUT2D eigenvalue weighted by Gasteiger charge is -2.24. The van der Waals surface area contributed by atoms with Gasteiger partial charge in [0.15, 0.2) is 0 Å². The minimum Gasteiger partial charge on any atom is -0.508 e. The van der Waals surface area contributed by atoms with Crippen molar-refractivity contribution >= 4 is 17.7 Å².